The molecule has 2 aromatic carbocycles. The Morgan fingerprint density at radius 2 is 1.67 bits per heavy atom. The van der Waals surface area contributed by atoms with Crippen LogP contribution in [0.2, 0.25) is 0 Å². The summed E-state index contributed by atoms with van der Waals surface area (Å²) in [6.07, 6.45) is 0. The average molecular weight is 407 g/mol. The molecule has 0 aliphatic heterocycles. The molecule has 0 bridgehead atoms. The number of carbonyl (C=O) groups excluding carboxylic acids is 2. The monoisotopic (exact) mass is 407 g/mol. The summed E-state index contributed by atoms with van der Waals surface area (Å²) in [5.74, 6) is -0.336. The molecule has 30 heavy (non-hydrogen) atoms. The van der Waals surface area contributed by atoms with E-state index in [1.807, 2.05) is 0 Å². The van der Waals surface area contributed by atoms with Gasteiger partial charge in [0, 0.05) is 5.56 Å². The number of hydrogen-bond donors (Lipinski definition) is 1. The van der Waals surface area contributed by atoms with Crippen molar-refractivity contribution in [2.45, 2.75) is 6.92 Å². The van der Waals surface area contributed by atoms with Crippen LogP contribution in [0.3, 0.4) is 0 Å². The number of hydrazone groups is 1. The molecule has 0 unspecified atom stereocenters. The Balaban J connectivity index is 1.55. The summed E-state index contributed by atoms with van der Waals surface area (Å²) < 4.78 is 15.7. The highest BCUT2D eigenvalue weighted by Crippen LogP contribution is 2.22. The van der Waals surface area contributed by atoms with Crippen molar-refractivity contribution in [3.8, 4) is 22.8 Å². The number of carboxylic acid groups (broad SMARTS) is 1. The summed E-state index contributed by atoms with van der Waals surface area (Å²) >= 11 is 0. The molecule has 0 fully saturated rings. The van der Waals surface area contributed by atoms with Crippen LogP contribution in [-0.2, 0) is 4.79 Å². The molecule has 1 aromatic heterocycles. The zero-order chi connectivity index (χ0) is 21.5. The fourth-order valence-electron chi connectivity index (χ4n) is 2.54. The number of carboxylic acids is 1. The van der Waals surface area contributed by atoms with E-state index in [1.165, 1.54) is 6.07 Å². The standard InChI is InChI=1S/C22H20N2O6/c1-14(23-24-21(25)13-29-18-9-7-17(28-2)8-10-18)15-3-5-16(6-4-15)19-11-12-20(30-19)22(26)27/h3-12H,13H2,1-2H3,(H,24,25)(H,26,27)/p-1/b23-14-. The van der Waals surface area contributed by atoms with Gasteiger partial charge in [-0.1, -0.05) is 24.3 Å². The Kier molecular flexibility index (Phi) is 6.49. The van der Waals surface area contributed by atoms with Gasteiger partial charge in [0.1, 0.15) is 29.0 Å². The molecule has 3 rings (SSSR count). The quantitative estimate of drug-likeness (QED) is 0.453. The lowest BCUT2D eigenvalue weighted by Gasteiger charge is -2.07. The van der Waals surface area contributed by atoms with Crippen molar-refractivity contribution in [3.05, 3.63) is 72.0 Å². The molecule has 1 amide bonds. The SMILES string of the molecule is COc1ccc(OCC(=O)N/N=C(/C)c2ccc(-c3ccc(C(=O)[O-])o3)cc2)cc1. The predicted molar refractivity (Wildman–Crippen MR) is 107 cm³/mol. The largest absolute Gasteiger partial charge is 0.542 e. The first-order chi connectivity index (χ1) is 14.5. The van der Waals surface area contributed by atoms with Gasteiger partial charge in [-0.3, -0.25) is 4.79 Å². The molecule has 0 radical (unpaired) electrons. The van der Waals surface area contributed by atoms with Crippen LogP contribution in [0.4, 0.5) is 0 Å². The fourth-order valence-corrected chi connectivity index (χ4v) is 2.54. The molecule has 1 heterocycles. The normalized spacial score (nSPS) is 11.1. The fraction of sp³-hybridized carbons (Fsp3) is 0.136. The summed E-state index contributed by atoms with van der Waals surface area (Å²) in [7, 11) is 1.57. The number of furan rings is 1. The highest BCUT2D eigenvalue weighted by Gasteiger charge is 2.07. The minimum absolute atomic E-state index is 0.179. The predicted octanol–water partition coefficient (Wildman–Crippen LogP) is 2.24. The van der Waals surface area contributed by atoms with Gasteiger partial charge in [0.05, 0.1) is 12.8 Å². The molecule has 3 aromatic rings. The van der Waals surface area contributed by atoms with Gasteiger partial charge in [-0.15, -0.1) is 0 Å². The van der Waals surface area contributed by atoms with E-state index >= 15 is 0 Å². The third-order valence-electron chi connectivity index (χ3n) is 4.17. The highest BCUT2D eigenvalue weighted by molar-refractivity contribution is 5.99. The van der Waals surface area contributed by atoms with E-state index in [0.717, 1.165) is 5.56 Å². The van der Waals surface area contributed by atoms with Crippen LogP contribution in [0.5, 0.6) is 11.5 Å². The zero-order valence-corrected chi connectivity index (χ0v) is 16.4. The van der Waals surface area contributed by atoms with Gasteiger partial charge in [-0.05, 0) is 48.9 Å². The van der Waals surface area contributed by atoms with Crippen molar-refractivity contribution in [3.63, 3.8) is 0 Å². The second-order valence-electron chi connectivity index (χ2n) is 6.23. The van der Waals surface area contributed by atoms with Crippen LogP contribution in [0.1, 0.15) is 23.0 Å². The van der Waals surface area contributed by atoms with Crippen molar-refractivity contribution >= 4 is 17.6 Å². The molecule has 0 spiro atoms. The van der Waals surface area contributed by atoms with Crippen molar-refractivity contribution in [2.75, 3.05) is 13.7 Å². The van der Waals surface area contributed by atoms with Crippen molar-refractivity contribution < 1.29 is 28.6 Å². The van der Waals surface area contributed by atoms with Crippen molar-refractivity contribution in [1.82, 2.24) is 5.43 Å². The van der Waals surface area contributed by atoms with E-state index in [0.29, 0.717) is 28.5 Å². The molecule has 8 nitrogen and oxygen atoms in total. The topological polar surface area (TPSA) is 113 Å². The summed E-state index contributed by atoms with van der Waals surface area (Å²) in [4.78, 5) is 22.7. The lowest BCUT2D eigenvalue weighted by atomic mass is 10.1. The highest BCUT2D eigenvalue weighted by atomic mass is 16.5. The minimum atomic E-state index is -1.37. The van der Waals surface area contributed by atoms with E-state index in [9.17, 15) is 14.7 Å². The molecule has 154 valence electrons. The zero-order valence-electron chi connectivity index (χ0n) is 16.4. The number of nitrogens with zero attached hydrogens (tertiary/aromatic N) is 1. The van der Waals surface area contributed by atoms with E-state index < -0.39 is 11.9 Å². The van der Waals surface area contributed by atoms with Gasteiger partial charge >= 0.3 is 0 Å². The van der Waals surface area contributed by atoms with E-state index in [-0.39, 0.29) is 12.4 Å². The van der Waals surface area contributed by atoms with Crippen LogP contribution >= 0.6 is 0 Å². The molecule has 0 saturated heterocycles. The van der Waals surface area contributed by atoms with Gasteiger partial charge in [0.25, 0.3) is 5.91 Å². The maximum Gasteiger partial charge on any atom is 0.277 e. The number of nitrogens with one attached hydrogen (secondary N) is 1. The first-order valence-corrected chi connectivity index (χ1v) is 8.98. The minimum Gasteiger partial charge on any atom is -0.542 e. The second-order valence-corrected chi connectivity index (χ2v) is 6.23. The number of hydrogen-bond acceptors (Lipinski definition) is 7. The number of rotatable bonds is 8. The van der Waals surface area contributed by atoms with E-state index in [1.54, 1.807) is 68.6 Å². The maximum absolute atomic E-state index is 11.9. The number of amides is 1. The molecule has 8 heteroatoms. The van der Waals surface area contributed by atoms with Gasteiger partial charge < -0.3 is 23.8 Å². The number of benzene rings is 2. The number of ether oxygens (including phenoxy) is 2. The van der Waals surface area contributed by atoms with Crippen LogP contribution in [0, 0.1) is 0 Å². The second kappa shape index (κ2) is 9.42. The Morgan fingerprint density at radius 3 is 2.27 bits per heavy atom. The van der Waals surface area contributed by atoms with Crippen LogP contribution in [0.25, 0.3) is 11.3 Å². The third kappa shape index (κ3) is 5.26. The lowest BCUT2D eigenvalue weighted by Crippen LogP contribution is -2.25. The summed E-state index contributed by atoms with van der Waals surface area (Å²) in [6, 6.07) is 16.9. The van der Waals surface area contributed by atoms with E-state index in [4.69, 9.17) is 13.9 Å². The average Bonchev–Trinajstić information content (AvgIpc) is 3.27. The molecule has 0 atom stereocenters. The van der Waals surface area contributed by atoms with E-state index in [2.05, 4.69) is 10.5 Å². The molecule has 0 saturated carbocycles. The van der Waals surface area contributed by atoms with Crippen molar-refractivity contribution in [1.29, 1.82) is 0 Å². The molecule has 1 N–H and O–H groups in total. The molecular weight excluding hydrogens is 388 g/mol. The maximum atomic E-state index is 11.9. The molecule has 0 aliphatic rings. The van der Waals surface area contributed by atoms with Crippen molar-refractivity contribution in [2.24, 2.45) is 5.10 Å². The van der Waals surface area contributed by atoms with Gasteiger partial charge in [-0.25, -0.2) is 5.43 Å². The summed E-state index contributed by atoms with van der Waals surface area (Å²) in [5, 5.41) is 14.9. The van der Waals surface area contributed by atoms with Gasteiger partial charge in [-0.2, -0.15) is 5.10 Å². The molecular formula is C22H19N2O6-. The van der Waals surface area contributed by atoms with Gasteiger partial charge in [0.15, 0.2) is 6.61 Å². The number of methoxy groups -OCH3 is 1. The first kappa shape index (κ1) is 20.7. The summed E-state index contributed by atoms with van der Waals surface area (Å²) in [6.45, 7) is 1.57. The number of carbonyl (C=O) groups is 2. The van der Waals surface area contributed by atoms with Crippen LogP contribution < -0.4 is 20.0 Å². The lowest BCUT2D eigenvalue weighted by molar-refractivity contribution is -0.257. The Hall–Kier alpha value is -4.07. The smallest absolute Gasteiger partial charge is 0.277 e. The molecule has 0 aliphatic carbocycles. The Bertz CT molecular complexity index is 1050. The Morgan fingerprint density at radius 1 is 1.00 bits per heavy atom. The number of aromatic carboxylic acids is 1. The third-order valence-corrected chi connectivity index (χ3v) is 4.17. The summed E-state index contributed by atoms with van der Waals surface area (Å²) in [5.41, 5.74) is 4.52. The van der Waals surface area contributed by atoms with Crippen LogP contribution in [-0.4, -0.2) is 31.3 Å². The van der Waals surface area contributed by atoms with Gasteiger partial charge in [0.2, 0.25) is 0 Å². The van der Waals surface area contributed by atoms with Crippen LogP contribution in [0.15, 0.2) is 70.2 Å². The Labute approximate surface area is 172 Å². The first-order valence-electron chi connectivity index (χ1n) is 8.98.